The van der Waals surface area contributed by atoms with E-state index in [-0.39, 0.29) is 30.2 Å². The number of anilines is 2. The van der Waals surface area contributed by atoms with Crippen LogP contribution in [0, 0.1) is 5.92 Å². The van der Waals surface area contributed by atoms with Crippen LogP contribution in [0.4, 0.5) is 11.4 Å². The summed E-state index contributed by atoms with van der Waals surface area (Å²) in [4.78, 5) is 28.9. The van der Waals surface area contributed by atoms with Crippen molar-refractivity contribution in [1.29, 1.82) is 0 Å². The van der Waals surface area contributed by atoms with Gasteiger partial charge in [0.1, 0.15) is 0 Å². The number of carbonyl (C=O) groups is 2. The van der Waals surface area contributed by atoms with E-state index in [1.54, 1.807) is 17.0 Å². The lowest BCUT2D eigenvalue weighted by Gasteiger charge is -2.21. The van der Waals surface area contributed by atoms with E-state index in [0.29, 0.717) is 18.1 Å². The molecule has 27 heavy (non-hydrogen) atoms. The zero-order valence-electron chi connectivity index (χ0n) is 15.0. The van der Waals surface area contributed by atoms with Crippen molar-refractivity contribution in [2.24, 2.45) is 5.92 Å². The second-order valence-corrected chi connectivity index (χ2v) is 7.60. The van der Waals surface area contributed by atoms with Gasteiger partial charge in [0.05, 0.1) is 5.92 Å². The summed E-state index contributed by atoms with van der Waals surface area (Å²) >= 11 is 5.92. The molecule has 0 bridgehead atoms. The van der Waals surface area contributed by atoms with Crippen LogP contribution in [0.2, 0.25) is 5.02 Å². The first kappa shape index (κ1) is 17.9. The molecule has 2 atom stereocenters. The van der Waals surface area contributed by atoms with E-state index < -0.39 is 0 Å². The minimum Gasteiger partial charge on any atom is -0.380 e. The van der Waals surface area contributed by atoms with Crippen LogP contribution in [0.5, 0.6) is 0 Å². The molecule has 2 heterocycles. The Balaban J connectivity index is 1.36. The molecule has 2 saturated heterocycles. The first-order valence-electron chi connectivity index (χ1n) is 9.26. The zero-order valence-corrected chi connectivity index (χ0v) is 15.7. The van der Waals surface area contributed by atoms with Gasteiger partial charge in [-0.15, -0.1) is 0 Å². The molecule has 6 heteroatoms. The molecule has 0 aromatic heterocycles. The van der Waals surface area contributed by atoms with Crippen LogP contribution in [-0.4, -0.2) is 42.4 Å². The van der Waals surface area contributed by atoms with Crippen LogP contribution in [0.3, 0.4) is 0 Å². The first-order chi connectivity index (χ1) is 13.1. The maximum atomic E-state index is 12.9. The van der Waals surface area contributed by atoms with Crippen LogP contribution in [-0.2, 0) is 9.59 Å². The fraction of sp³-hybridized carbons (Fsp3) is 0.333. The molecule has 2 unspecified atom stereocenters. The third-order valence-electron chi connectivity index (χ3n) is 5.26. The lowest BCUT2D eigenvalue weighted by molar-refractivity contribution is -0.134. The Morgan fingerprint density at radius 3 is 2.52 bits per heavy atom. The number of nitrogens with zero attached hydrogens (tertiary/aromatic N) is 2. The van der Waals surface area contributed by atoms with E-state index in [9.17, 15) is 9.59 Å². The fourth-order valence-corrected chi connectivity index (χ4v) is 3.98. The molecule has 0 radical (unpaired) electrons. The first-order valence-corrected chi connectivity index (χ1v) is 9.64. The number of hydrogen-bond donors (Lipinski definition) is 1. The number of hydrogen-bond acceptors (Lipinski definition) is 3. The van der Waals surface area contributed by atoms with Gasteiger partial charge in [0.25, 0.3) is 0 Å². The van der Waals surface area contributed by atoms with Crippen LogP contribution in [0.15, 0.2) is 54.6 Å². The van der Waals surface area contributed by atoms with E-state index in [4.69, 9.17) is 11.6 Å². The van der Waals surface area contributed by atoms with Crippen molar-refractivity contribution in [2.45, 2.75) is 18.9 Å². The van der Waals surface area contributed by atoms with Crippen molar-refractivity contribution in [2.75, 3.05) is 29.9 Å². The maximum absolute atomic E-state index is 12.9. The number of amides is 2. The van der Waals surface area contributed by atoms with Gasteiger partial charge in [-0.25, -0.2) is 0 Å². The third-order valence-corrected chi connectivity index (χ3v) is 5.51. The molecule has 1 N–H and O–H groups in total. The van der Waals surface area contributed by atoms with Gasteiger partial charge in [0.15, 0.2) is 0 Å². The average molecular weight is 384 g/mol. The lowest BCUT2D eigenvalue weighted by atomic mass is 10.1. The molecular formula is C21H22ClN3O2. The average Bonchev–Trinajstić information content (AvgIpc) is 3.30. The second kappa shape index (κ2) is 7.61. The van der Waals surface area contributed by atoms with Crippen LogP contribution in [0.1, 0.15) is 12.8 Å². The summed E-state index contributed by atoms with van der Waals surface area (Å²) in [6, 6.07) is 17.5. The molecule has 2 fully saturated rings. The summed E-state index contributed by atoms with van der Waals surface area (Å²) in [5.41, 5.74) is 1.87. The van der Waals surface area contributed by atoms with Crippen molar-refractivity contribution < 1.29 is 9.59 Å². The van der Waals surface area contributed by atoms with Crippen molar-refractivity contribution in [1.82, 2.24) is 4.90 Å². The van der Waals surface area contributed by atoms with E-state index in [1.165, 1.54) is 0 Å². The van der Waals surface area contributed by atoms with Crippen LogP contribution >= 0.6 is 11.6 Å². The van der Waals surface area contributed by atoms with Crippen molar-refractivity contribution in [3.05, 3.63) is 59.6 Å². The summed E-state index contributed by atoms with van der Waals surface area (Å²) in [6.07, 6.45) is 1.19. The van der Waals surface area contributed by atoms with E-state index in [1.807, 2.05) is 47.4 Å². The van der Waals surface area contributed by atoms with E-state index in [0.717, 1.165) is 24.3 Å². The highest BCUT2D eigenvalue weighted by Gasteiger charge is 2.39. The number of benzene rings is 2. The summed E-state index contributed by atoms with van der Waals surface area (Å²) in [5, 5.41) is 4.11. The number of halogens is 1. The molecule has 0 spiro atoms. The van der Waals surface area contributed by atoms with Crippen LogP contribution in [0.25, 0.3) is 0 Å². The van der Waals surface area contributed by atoms with E-state index >= 15 is 0 Å². The van der Waals surface area contributed by atoms with Gasteiger partial charge in [-0.3, -0.25) is 9.59 Å². The quantitative estimate of drug-likeness (QED) is 0.880. The normalized spacial score (nSPS) is 22.3. The Bertz CT molecular complexity index is 825. The molecule has 2 aromatic rings. The minimum atomic E-state index is -0.274. The molecule has 2 aliphatic rings. The van der Waals surface area contributed by atoms with Gasteiger partial charge in [-0.1, -0.05) is 29.8 Å². The maximum Gasteiger partial charge on any atom is 0.228 e. The molecule has 140 valence electrons. The Labute approximate surface area is 163 Å². The number of rotatable bonds is 4. The molecule has 2 aromatic carbocycles. The van der Waals surface area contributed by atoms with Gasteiger partial charge < -0.3 is 15.1 Å². The van der Waals surface area contributed by atoms with Gasteiger partial charge in [0.2, 0.25) is 11.8 Å². The molecular weight excluding hydrogens is 362 g/mol. The van der Waals surface area contributed by atoms with Gasteiger partial charge in [0, 0.05) is 48.5 Å². The predicted molar refractivity (Wildman–Crippen MR) is 107 cm³/mol. The number of likely N-dealkylation sites (tertiary alicyclic amines) is 1. The Hall–Kier alpha value is -2.53. The van der Waals surface area contributed by atoms with E-state index in [2.05, 4.69) is 5.32 Å². The van der Waals surface area contributed by atoms with Crippen molar-refractivity contribution in [3.63, 3.8) is 0 Å². The number of nitrogens with one attached hydrogen (secondary N) is 1. The lowest BCUT2D eigenvalue weighted by Crippen LogP contribution is -2.37. The highest BCUT2D eigenvalue weighted by Crippen LogP contribution is 2.28. The summed E-state index contributed by atoms with van der Waals surface area (Å²) in [7, 11) is 0. The van der Waals surface area contributed by atoms with Gasteiger partial charge in [-0.2, -0.15) is 0 Å². The Morgan fingerprint density at radius 1 is 1.04 bits per heavy atom. The largest absolute Gasteiger partial charge is 0.380 e. The van der Waals surface area contributed by atoms with Crippen molar-refractivity contribution >= 4 is 34.8 Å². The van der Waals surface area contributed by atoms with Gasteiger partial charge in [-0.05, 0) is 42.8 Å². The molecule has 0 aliphatic carbocycles. The predicted octanol–water partition coefficient (Wildman–Crippen LogP) is 3.41. The fourth-order valence-electron chi connectivity index (χ4n) is 3.85. The number of carbonyl (C=O) groups excluding carboxylic acids is 2. The monoisotopic (exact) mass is 383 g/mol. The number of para-hydroxylation sites is 1. The van der Waals surface area contributed by atoms with Gasteiger partial charge >= 0.3 is 0 Å². The second-order valence-electron chi connectivity index (χ2n) is 7.16. The molecule has 5 nitrogen and oxygen atoms in total. The molecule has 4 rings (SSSR count). The molecule has 2 amide bonds. The third kappa shape index (κ3) is 3.93. The van der Waals surface area contributed by atoms with Crippen LogP contribution < -0.4 is 10.2 Å². The molecule has 0 saturated carbocycles. The Kier molecular flexibility index (Phi) is 5.03. The summed E-state index contributed by atoms with van der Waals surface area (Å²) < 4.78 is 0. The highest BCUT2D eigenvalue weighted by molar-refractivity contribution is 6.30. The topological polar surface area (TPSA) is 52.7 Å². The minimum absolute atomic E-state index is 0.00571. The standard InChI is InChI=1S/C21H22ClN3O2/c22-16-6-8-19(9-7-16)25-13-15(12-20(25)26)21(27)24-11-10-18(14-24)23-17-4-2-1-3-5-17/h1-9,15,18,23H,10-14H2. The SMILES string of the molecule is O=C(C1CC(=O)N(c2ccc(Cl)cc2)C1)N1CCC(Nc2ccccc2)C1. The summed E-state index contributed by atoms with van der Waals surface area (Å²) in [6.45, 7) is 1.85. The molecule has 2 aliphatic heterocycles. The highest BCUT2D eigenvalue weighted by atomic mass is 35.5. The zero-order chi connectivity index (χ0) is 18.8. The Morgan fingerprint density at radius 2 is 1.78 bits per heavy atom. The summed E-state index contributed by atoms with van der Waals surface area (Å²) in [5.74, 6) is -0.199. The van der Waals surface area contributed by atoms with Crippen molar-refractivity contribution in [3.8, 4) is 0 Å². The smallest absolute Gasteiger partial charge is 0.228 e.